The van der Waals surface area contributed by atoms with Crippen LogP contribution in [0.25, 0.3) is 0 Å². The van der Waals surface area contributed by atoms with Crippen molar-refractivity contribution in [1.82, 2.24) is 0 Å². The fraction of sp³-hybridized carbons (Fsp3) is 0.375. The zero-order chi connectivity index (χ0) is 17.3. The summed E-state index contributed by atoms with van der Waals surface area (Å²) in [5, 5.41) is 20.7. The lowest BCUT2D eigenvalue weighted by Crippen LogP contribution is -2.43. The zero-order valence-corrected chi connectivity index (χ0v) is 12.7. The highest BCUT2D eigenvalue weighted by Crippen LogP contribution is 2.57. The molecular formula is C16H14N2O6. The number of hydrogen-bond acceptors (Lipinski definition) is 6. The lowest BCUT2D eigenvalue weighted by molar-refractivity contribution is -0.384. The molecule has 1 aromatic rings. The van der Waals surface area contributed by atoms with E-state index in [2.05, 4.69) is 0 Å². The first-order chi connectivity index (χ1) is 11.3. The molecule has 4 atom stereocenters. The van der Waals surface area contributed by atoms with Crippen molar-refractivity contribution in [3.63, 3.8) is 0 Å². The Kier molecular flexibility index (Phi) is 2.80. The van der Waals surface area contributed by atoms with Crippen LogP contribution in [-0.4, -0.2) is 39.7 Å². The Morgan fingerprint density at radius 2 is 2.00 bits per heavy atom. The van der Waals surface area contributed by atoms with Gasteiger partial charge in [0.2, 0.25) is 11.8 Å². The van der Waals surface area contributed by atoms with Gasteiger partial charge in [0.1, 0.15) is 5.60 Å². The van der Waals surface area contributed by atoms with Gasteiger partial charge in [-0.2, -0.15) is 0 Å². The highest BCUT2D eigenvalue weighted by molar-refractivity contribution is 6.23. The summed E-state index contributed by atoms with van der Waals surface area (Å²) in [6.45, 7) is 1.29. The number of imide groups is 1. The third kappa shape index (κ3) is 1.64. The standard InChI is InChI=1S/C16H14N2O6/c1-15-5-6-16(8-19,24-15)12-11(15)13(20)17(14(12)21)9-3-2-4-10(7-9)18(22)23/h2-7,11-12,19H,8H2,1H3/t11-,12-,15+,16-/m1/s1. The Hall–Kier alpha value is -2.58. The largest absolute Gasteiger partial charge is 0.393 e. The fourth-order valence-corrected chi connectivity index (χ4v) is 4.04. The van der Waals surface area contributed by atoms with Crippen molar-refractivity contribution in [1.29, 1.82) is 0 Å². The number of amides is 2. The summed E-state index contributed by atoms with van der Waals surface area (Å²) in [5.74, 6) is -2.55. The molecule has 0 unspecified atom stereocenters. The number of anilines is 1. The van der Waals surface area contributed by atoms with Crippen LogP contribution in [0.15, 0.2) is 36.4 Å². The van der Waals surface area contributed by atoms with Crippen molar-refractivity contribution in [3.8, 4) is 0 Å². The van der Waals surface area contributed by atoms with Gasteiger partial charge in [0.25, 0.3) is 5.69 Å². The quantitative estimate of drug-likeness (QED) is 0.380. The molecule has 8 nitrogen and oxygen atoms in total. The summed E-state index contributed by atoms with van der Waals surface area (Å²) in [4.78, 5) is 37.1. The Bertz CT molecular complexity index is 821. The fourth-order valence-electron chi connectivity index (χ4n) is 4.04. The van der Waals surface area contributed by atoms with Gasteiger partial charge >= 0.3 is 0 Å². The predicted molar refractivity (Wildman–Crippen MR) is 81.0 cm³/mol. The van der Waals surface area contributed by atoms with Gasteiger partial charge in [-0.25, -0.2) is 4.90 Å². The first-order valence-corrected chi connectivity index (χ1v) is 7.47. The molecule has 4 rings (SSSR count). The van der Waals surface area contributed by atoms with Gasteiger partial charge in [-0.3, -0.25) is 19.7 Å². The summed E-state index contributed by atoms with van der Waals surface area (Å²) in [6, 6.07) is 5.39. The molecule has 2 fully saturated rings. The normalized spacial score (nSPS) is 36.5. The van der Waals surface area contributed by atoms with Crippen LogP contribution in [-0.2, 0) is 14.3 Å². The van der Waals surface area contributed by atoms with Crippen LogP contribution in [0.3, 0.4) is 0 Å². The van der Waals surface area contributed by atoms with E-state index in [1.807, 2.05) is 0 Å². The molecule has 124 valence electrons. The van der Waals surface area contributed by atoms with Gasteiger partial charge in [0.15, 0.2) is 0 Å². The number of rotatable bonds is 3. The lowest BCUT2D eigenvalue weighted by Gasteiger charge is -2.26. The number of hydrogen-bond donors (Lipinski definition) is 1. The number of non-ortho nitro benzene ring substituents is 1. The first-order valence-electron chi connectivity index (χ1n) is 7.47. The van der Waals surface area contributed by atoms with E-state index in [4.69, 9.17) is 4.74 Å². The van der Waals surface area contributed by atoms with E-state index in [1.165, 1.54) is 24.3 Å². The molecule has 1 aromatic carbocycles. The number of ether oxygens (including phenoxy) is 1. The first kappa shape index (κ1) is 15.0. The van der Waals surface area contributed by atoms with Crippen molar-refractivity contribution in [3.05, 3.63) is 46.5 Å². The molecular weight excluding hydrogens is 316 g/mol. The van der Waals surface area contributed by atoms with Crippen LogP contribution in [0, 0.1) is 22.0 Å². The van der Waals surface area contributed by atoms with Gasteiger partial charge in [0.05, 0.1) is 34.7 Å². The van der Waals surface area contributed by atoms with Gasteiger partial charge in [0, 0.05) is 12.1 Å². The van der Waals surface area contributed by atoms with E-state index < -0.39 is 46.4 Å². The molecule has 0 aliphatic carbocycles. The minimum Gasteiger partial charge on any atom is -0.393 e. The van der Waals surface area contributed by atoms with Crippen molar-refractivity contribution < 1.29 is 24.4 Å². The summed E-state index contributed by atoms with van der Waals surface area (Å²) < 4.78 is 5.81. The summed E-state index contributed by atoms with van der Waals surface area (Å²) >= 11 is 0. The van der Waals surface area contributed by atoms with Crippen molar-refractivity contribution in [2.24, 2.45) is 11.8 Å². The van der Waals surface area contributed by atoms with E-state index in [9.17, 15) is 24.8 Å². The van der Waals surface area contributed by atoms with Crippen LogP contribution in [0.4, 0.5) is 11.4 Å². The Labute approximate surface area is 136 Å². The average Bonchev–Trinajstić information content (AvgIpc) is 3.13. The summed E-state index contributed by atoms with van der Waals surface area (Å²) in [7, 11) is 0. The number of aliphatic hydroxyl groups is 1. The molecule has 0 saturated carbocycles. The zero-order valence-electron chi connectivity index (χ0n) is 12.7. The van der Waals surface area contributed by atoms with Crippen LogP contribution < -0.4 is 4.90 Å². The molecule has 0 radical (unpaired) electrons. The second kappa shape index (κ2) is 4.49. The van der Waals surface area contributed by atoms with Gasteiger partial charge in [-0.1, -0.05) is 18.2 Å². The molecule has 3 aliphatic heterocycles. The lowest BCUT2D eigenvalue weighted by atomic mass is 9.73. The van der Waals surface area contributed by atoms with Crippen molar-refractivity contribution in [2.45, 2.75) is 18.1 Å². The molecule has 3 heterocycles. The highest BCUT2D eigenvalue weighted by atomic mass is 16.6. The highest BCUT2D eigenvalue weighted by Gasteiger charge is 2.72. The monoisotopic (exact) mass is 330 g/mol. The minimum atomic E-state index is -1.21. The van der Waals surface area contributed by atoms with Crippen LogP contribution in [0.2, 0.25) is 0 Å². The number of carbonyl (C=O) groups excluding carboxylic acids is 2. The average molecular weight is 330 g/mol. The smallest absolute Gasteiger partial charge is 0.271 e. The van der Waals surface area contributed by atoms with Crippen LogP contribution in [0.1, 0.15) is 6.92 Å². The molecule has 3 aliphatic rings. The van der Waals surface area contributed by atoms with Crippen molar-refractivity contribution in [2.75, 3.05) is 11.5 Å². The minimum absolute atomic E-state index is 0.157. The number of benzene rings is 1. The second-order valence-corrected chi connectivity index (χ2v) is 6.48. The number of nitro benzene ring substituents is 1. The number of carbonyl (C=O) groups is 2. The van der Waals surface area contributed by atoms with Crippen LogP contribution in [0.5, 0.6) is 0 Å². The molecule has 2 saturated heterocycles. The van der Waals surface area contributed by atoms with E-state index in [-0.39, 0.29) is 11.4 Å². The summed E-state index contributed by atoms with van der Waals surface area (Å²) in [5.41, 5.74) is -2.22. The maximum absolute atomic E-state index is 12.9. The molecule has 1 N–H and O–H groups in total. The molecule has 2 bridgehead atoms. The predicted octanol–water partition coefficient (Wildman–Crippen LogP) is 0.790. The molecule has 8 heteroatoms. The molecule has 0 aromatic heterocycles. The number of nitro groups is 1. The molecule has 24 heavy (non-hydrogen) atoms. The SMILES string of the molecule is C[C@@]12C=C[C@](CO)(O1)[C@H]1C(=O)N(c3cccc([N+](=O)[O-])c3)C(=O)[C@@H]12. The number of fused-ring (bicyclic) bond motifs is 5. The van der Waals surface area contributed by atoms with Crippen molar-refractivity contribution >= 4 is 23.2 Å². The Morgan fingerprint density at radius 1 is 1.29 bits per heavy atom. The Balaban J connectivity index is 1.80. The van der Waals surface area contributed by atoms with E-state index in [1.54, 1.807) is 19.1 Å². The number of nitrogens with zero attached hydrogens (tertiary/aromatic N) is 2. The van der Waals surface area contributed by atoms with Crippen LogP contribution >= 0.6 is 0 Å². The third-order valence-corrected chi connectivity index (χ3v) is 5.10. The second-order valence-electron chi connectivity index (χ2n) is 6.48. The topological polar surface area (TPSA) is 110 Å². The maximum Gasteiger partial charge on any atom is 0.271 e. The maximum atomic E-state index is 12.9. The number of aliphatic hydroxyl groups excluding tert-OH is 1. The van der Waals surface area contributed by atoms with Gasteiger partial charge < -0.3 is 9.84 Å². The Morgan fingerprint density at radius 3 is 2.67 bits per heavy atom. The van der Waals surface area contributed by atoms with E-state index >= 15 is 0 Å². The molecule has 2 amide bonds. The summed E-state index contributed by atoms with van der Waals surface area (Å²) in [6.07, 6.45) is 3.34. The van der Waals surface area contributed by atoms with Gasteiger partial charge in [-0.15, -0.1) is 0 Å². The van der Waals surface area contributed by atoms with Gasteiger partial charge in [-0.05, 0) is 13.0 Å². The molecule has 0 spiro atoms. The van der Waals surface area contributed by atoms with E-state index in [0.29, 0.717) is 0 Å². The third-order valence-electron chi connectivity index (χ3n) is 5.10. The van der Waals surface area contributed by atoms with E-state index in [0.717, 1.165) is 4.90 Å².